The van der Waals surface area contributed by atoms with E-state index in [-0.39, 0.29) is 5.92 Å². The molecule has 2 heteroatoms. The van der Waals surface area contributed by atoms with Crippen LogP contribution >= 0.6 is 0 Å². The van der Waals surface area contributed by atoms with Crippen LogP contribution in [0.15, 0.2) is 24.3 Å². The second kappa shape index (κ2) is 6.44. The summed E-state index contributed by atoms with van der Waals surface area (Å²) in [6.07, 6.45) is 6.93. The first-order valence-corrected chi connectivity index (χ1v) is 7.08. The van der Waals surface area contributed by atoms with Crippen molar-refractivity contribution >= 4 is 5.69 Å². The van der Waals surface area contributed by atoms with Gasteiger partial charge in [0.05, 0.1) is 12.0 Å². The Bertz CT molecular complexity index is 419. The third-order valence-electron chi connectivity index (χ3n) is 3.87. The first-order valence-electron chi connectivity index (χ1n) is 7.08. The summed E-state index contributed by atoms with van der Waals surface area (Å²) < 4.78 is 0. The Morgan fingerprint density at radius 2 is 2.11 bits per heavy atom. The number of aryl methyl sites for hydroxylation is 1. The van der Waals surface area contributed by atoms with Crippen molar-refractivity contribution in [1.29, 1.82) is 5.26 Å². The van der Waals surface area contributed by atoms with Gasteiger partial charge >= 0.3 is 0 Å². The largest absolute Gasteiger partial charge is 0.381 e. The van der Waals surface area contributed by atoms with Crippen LogP contribution in [0.1, 0.15) is 44.6 Å². The van der Waals surface area contributed by atoms with Gasteiger partial charge in [0.15, 0.2) is 0 Å². The molecule has 0 radical (unpaired) electrons. The third-order valence-corrected chi connectivity index (χ3v) is 3.87. The average molecular weight is 242 g/mol. The van der Waals surface area contributed by atoms with Gasteiger partial charge in [-0.05, 0) is 37.0 Å². The minimum Gasteiger partial charge on any atom is -0.381 e. The van der Waals surface area contributed by atoms with Crippen LogP contribution in [0.3, 0.4) is 0 Å². The van der Waals surface area contributed by atoms with Crippen molar-refractivity contribution in [2.24, 2.45) is 5.92 Å². The lowest BCUT2D eigenvalue weighted by Crippen LogP contribution is -2.27. The highest BCUT2D eigenvalue weighted by atomic mass is 14.9. The monoisotopic (exact) mass is 242 g/mol. The van der Waals surface area contributed by atoms with Gasteiger partial charge in [-0.1, -0.05) is 38.3 Å². The van der Waals surface area contributed by atoms with E-state index >= 15 is 0 Å². The van der Waals surface area contributed by atoms with Crippen molar-refractivity contribution in [1.82, 2.24) is 0 Å². The Morgan fingerprint density at radius 1 is 1.28 bits per heavy atom. The van der Waals surface area contributed by atoms with Crippen LogP contribution in [-0.2, 0) is 6.42 Å². The van der Waals surface area contributed by atoms with Gasteiger partial charge in [-0.3, -0.25) is 0 Å². The number of hydrogen-bond acceptors (Lipinski definition) is 2. The number of hydrogen-bond donors (Lipinski definition) is 1. The van der Waals surface area contributed by atoms with Crippen molar-refractivity contribution in [2.45, 2.75) is 51.5 Å². The van der Waals surface area contributed by atoms with Gasteiger partial charge in [0.2, 0.25) is 0 Å². The molecular weight excluding hydrogens is 220 g/mol. The zero-order valence-corrected chi connectivity index (χ0v) is 11.2. The maximum Gasteiger partial charge on any atom is 0.0677 e. The highest BCUT2D eigenvalue weighted by Gasteiger charge is 2.23. The van der Waals surface area contributed by atoms with Gasteiger partial charge in [-0.25, -0.2) is 0 Å². The second-order valence-electron chi connectivity index (χ2n) is 5.18. The fourth-order valence-electron chi connectivity index (χ4n) is 2.73. The molecule has 2 unspecified atom stereocenters. The predicted molar refractivity (Wildman–Crippen MR) is 75.4 cm³/mol. The lowest BCUT2D eigenvalue weighted by Gasteiger charge is -2.22. The minimum absolute atomic E-state index is 0.165. The van der Waals surface area contributed by atoms with Crippen molar-refractivity contribution in [3.8, 4) is 6.07 Å². The SMILES string of the molecule is CCc1cccc(NC2CCCCCC2C#N)c1. The zero-order valence-electron chi connectivity index (χ0n) is 11.2. The first kappa shape index (κ1) is 13.0. The van der Waals surface area contributed by atoms with E-state index in [1.807, 2.05) is 0 Å². The maximum atomic E-state index is 9.28. The molecule has 0 bridgehead atoms. The summed E-state index contributed by atoms with van der Waals surface area (Å²) in [4.78, 5) is 0. The third kappa shape index (κ3) is 3.26. The normalized spacial score (nSPS) is 24.0. The smallest absolute Gasteiger partial charge is 0.0677 e. The van der Waals surface area contributed by atoms with E-state index in [1.54, 1.807) is 0 Å². The van der Waals surface area contributed by atoms with Crippen LogP contribution in [-0.4, -0.2) is 6.04 Å². The molecule has 0 aromatic heterocycles. The molecule has 1 fully saturated rings. The van der Waals surface area contributed by atoms with Crippen molar-refractivity contribution in [2.75, 3.05) is 5.32 Å². The van der Waals surface area contributed by atoms with Gasteiger partial charge in [0.1, 0.15) is 0 Å². The molecule has 1 aliphatic rings. The maximum absolute atomic E-state index is 9.28. The molecule has 2 rings (SSSR count). The van der Waals surface area contributed by atoms with Gasteiger partial charge in [0, 0.05) is 11.7 Å². The molecular formula is C16H22N2. The summed E-state index contributed by atoms with van der Waals surface area (Å²) >= 11 is 0. The second-order valence-corrected chi connectivity index (χ2v) is 5.18. The summed E-state index contributed by atoms with van der Waals surface area (Å²) in [6.45, 7) is 2.17. The number of nitrogens with one attached hydrogen (secondary N) is 1. The van der Waals surface area contributed by atoms with Crippen LogP contribution < -0.4 is 5.32 Å². The number of benzene rings is 1. The summed E-state index contributed by atoms with van der Waals surface area (Å²) in [7, 11) is 0. The molecule has 1 aromatic rings. The molecule has 1 aliphatic carbocycles. The molecule has 0 heterocycles. The Labute approximate surface area is 110 Å². The van der Waals surface area contributed by atoms with Gasteiger partial charge in [-0.2, -0.15) is 5.26 Å². The standard InChI is InChI=1S/C16H22N2/c1-2-13-7-6-9-15(11-13)18-16-10-5-3-4-8-14(16)12-17/h6-7,9,11,14,16,18H,2-5,8,10H2,1H3. The molecule has 0 aliphatic heterocycles. The fourth-order valence-corrected chi connectivity index (χ4v) is 2.73. The molecule has 96 valence electrons. The van der Waals surface area contributed by atoms with Crippen LogP contribution in [0.2, 0.25) is 0 Å². The van der Waals surface area contributed by atoms with Crippen molar-refractivity contribution in [3.63, 3.8) is 0 Å². The first-order chi connectivity index (χ1) is 8.83. The molecule has 1 N–H and O–H groups in total. The highest BCUT2D eigenvalue weighted by molar-refractivity contribution is 5.47. The zero-order chi connectivity index (χ0) is 12.8. The van der Waals surface area contributed by atoms with E-state index in [0.717, 1.165) is 19.3 Å². The lowest BCUT2D eigenvalue weighted by atomic mass is 9.96. The Morgan fingerprint density at radius 3 is 2.89 bits per heavy atom. The average Bonchev–Trinajstić information content (AvgIpc) is 2.64. The topological polar surface area (TPSA) is 35.8 Å². The van der Waals surface area contributed by atoms with Gasteiger partial charge in [-0.15, -0.1) is 0 Å². The summed E-state index contributed by atoms with van der Waals surface area (Å²) in [5.74, 6) is 0.165. The van der Waals surface area contributed by atoms with Crippen LogP contribution in [0.25, 0.3) is 0 Å². The van der Waals surface area contributed by atoms with E-state index in [2.05, 4.69) is 42.6 Å². The number of nitrogens with zero attached hydrogens (tertiary/aromatic N) is 1. The van der Waals surface area contributed by atoms with Crippen molar-refractivity contribution in [3.05, 3.63) is 29.8 Å². The quantitative estimate of drug-likeness (QED) is 0.809. The number of rotatable bonds is 3. The van der Waals surface area contributed by atoms with Gasteiger partial charge in [0.25, 0.3) is 0 Å². The van der Waals surface area contributed by atoms with Crippen LogP contribution in [0, 0.1) is 17.2 Å². The predicted octanol–water partition coefficient (Wildman–Crippen LogP) is 4.13. The fraction of sp³-hybridized carbons (Fsp3) is 0.562. The number of anilines is 1. The molecule has 2 atom stereocenters. The van der Waals surface area contributed by atoms with E-state index in [9.17, 15) is 5.26 Å². The van der Waals surface area contributed by atoms with E-state index in [4.69, 9.17) is 0 Å². The Balaban J connectivity index is 2.08. The number of nitriles is 1. The molecule has 1 aromatic carbocycles. The van der Waals surface area contributed by atoms with Crippen LogP contribution in [0.5, 0.6) is 0 Å². The summed E-state index contributed by atoms with van der Waals surface area (Å²) in [5, 5.41) is 12.8. The van der Waals surface area contributed by atoms with Crippen molar-refractivity contribution < 1.29 is 0 Å². The lowest BCUT2D eigenvalue weighted by molar-refractivity contribution is 0.514. The Kier molecular flexibility index (Phi) is 4.64. The Hall–Kier alpha value is -1.49. The van der Waals surface area contributed by atoms with E-state index < -0.39 is 0 Å². The molecule has 0 saturated heterocycles. The molecule has 1 saturated carbocycles. The molecule has 0 amide bonds. The highest BCUT2D eigenvalue weighted by Crippen LogP contribution is 2.26. The minimum atomic E-state index is 0.165. The van der Waals surface area contributed by atoms with E-state index in [0.29, 0.717) is 6.04 Å². The van der Waals surface area contributed by atoms with Gasteiger partial charge < -0.3 is 5.32 Å². The molecule has 0 spiro atoms. The summed E-state index contributed by atoms with van der Waals surface area (Å²) in [5.41, 5.74) is 2.52. The summed E-state index contributed by atoms with van der Waals surface area (Å²) in [6, 6.07) is 11.4. The van der Waals surface area contributed by atoms with Crippen LogP contribution in [0.4, 0.5) is 5.69 Å². The molecule has 18 heavy (non-hydrogen) atoms. The van der Waals surface area contributed by atoms with E-state index in [1.165, 1.54) is 30.5 Å². The molecule has 2 nitrogen and oxygen atoms in total.